The van der Waals surface area contributed by atoms with Crippen molar-refractivity contribution in [1.82, 2.24) is 9.47 Å². The number of hydrogen-bond donors (Lipinski definition) is 1. The second kappa shape index (κ2) is 4.17. The average Bonchev–Trinajstić information content (AvgIpc) is 2.57. The van der Waals surface area contributed by atoms with Crippen LogP contribution in [0.5, 0.6) is 0 Å². The van der Waals surface area contributed by atoms with E-state index < -0.39 is 0 Å². The quantitative estimate of drug-likeness (QED) is 0.752. The van der Waals surface area contributed by atoms with Gasteiger partial charge in [-0.3, -0.25) is 4.79 Å². The second-order valence-corrected chi connectivity index (χ2v) is 4.20. The van der Waals surface area contributed by atoms with E-state index in [0.29, 0.717) is 31.1 Å². The molecule has 1 unspecified atom stereocenters. The third kappa shape index (κ3) is 2.04. The number of nitrogen functional groups attached to an aromatic ring is 1. The number of nitrogens with zero attached hydrogens (tertiary/aromatic N) is 2. The maximum Gasteiger partial charge on any atom is 0.270 e. The Morgan fingerprint density at radius 3 is 2.94 bits per heavy atom. The smallest absolute Gasteiger partial charge is 0.270 e. The first-order chi connectivity index (χ1) is 7.58. The van der Waals surface area contributed by atoms with E-state index >= 15 is 0 Å². The normalized spacial score (nSPS) is 21.1. The lowest BCUT2D eigenvalue weighted by atomic mass is 10.2. The molecule has 1 aromatic heterocycles. The van der Waals surface area contributed by atoms with Crippen molar-refractivity contribution in [2.75, 3.05) is 25.4 Å². The van der Waals surface area contributed by atoms with E-state index in [-0.39, 0.29) is 12.0 Å². The summed E-state index contributed by atoms with van der Waals surface area (Å²) < 4.78 is 7.17. The summed E-state index contributed by atoms with van der Waals surface area (Å²) in [6, 6.07) is 1.71. The minimum absolute atomic E-state index is 0.0225. The van der Waals surface area contributed by atoms with Gasteiger partial charge in [0.2, 0.25) is 0 Å². The molecule has 1 amide bonds. The van der Waals surface area contributed by atoms with Gasteiger partial charge in [-0.25, -0.2) is 0 Å². The van der Waals surface area contributed by atoms with E-state index in [9.17, 15) is 4.79 Å². The lowest BCUT2D eigenvalue weighted by molar-refractivity contribution is -0.0127. The molecule has 2 rings (SSSR count). The Hall–Kier alpha value is -1.49. The zero-order valence-corrected chi connectivity index (χ0v) is 9.64. The van der Waals surface area contributed by atoms with Crippen LogP contribution in [0, 0.1) is 0 Å². The first-order valence-electron chi connectivity index (χ1n) is 5.40. The Morgan fingerprint density at radius 2 is 2.38 bits per heavy atom. The van der Waals surface area contributed by atoms with Crippen molar-refractivity contribution >= 4 is 11.6 Å². The summed E-state index contributed by atoms with van der Waals surface area (Å²) >= 11 is 0. The zero-order valence-electron chi connectivity index (χ0n) is 9.64. The van der Waals surface area contributed by atoms with Crippen LogP contribution in [0.3, 0.4) is 0 Å². The van der Waals surface area contributed by atoms with Crippen LogP contribution >= 0.6 is 0 Å². The van der Waals surface area contributed by atoms with E-state index in [1.54, 1.807) is 16.8 Å². The molecule has 2 heterocycles. The summed E-state index contributed by atoms with van der Waals surface area (Å²) in [6.07, 6.45) is 1.85. The third-order valence-corrected chi connectivity index (χ3v) is 2.77. The van der Waals surface area contributed by atoms with Crippen LogP contribution in [0.25, 0.3) is 0 Å². The van der Waals surface area contributed by atoms with Gasteiger partial charge in [-0.2, -0.15) is 0 Å². The van der Waals surface area contributed by atoms with Crippen LogP contribution in [-0.2, 0) is 11.8 Å². The highest BCUT2D eigenvalue weighted by Gasteiger charge is 2.24. The highest BCUT2D eigenvalue weighted by molar-refractivity contribution is 5.93. The number of nitrogens with two attached hydrogens (primary N) is 1. The first kappa shape index (κ1) is 11.0. The van der Waals surface area contributed by atoms with Crippen molar-refractivity contribution in [3.8, 4) is 0 Å². The van der Waals surface area contributed by atoms with Gasteiger partial charge in [-0.05, 0) is 13.0 Å². The Bertz CT molecular complexity index is 400. The highest BCUT2D eigenvalue weighted by atomic mass is 16.5. The summed E-state index contributed by atoms with van der Waals surface area (Å²) in [6.45, 7) is 3.86. The number of carbonyl (C=O) groups excluding carboxylic acids is 1. The number of amides is 1. The number of ether oxygens (including phenoxy) is 1. The molecule has 0 aromatic carbocycles. The van der Waals surface area contributed by atoms with Crippen molar-refractivity contribution in [3.63, 3.8) is 0 Å². The first-order valence-corrected chi connectivity index (χ1v) is 5.40. The molecule has 0 aliphatic carbocycles. The van der Waals surface area contributed by atoms with Crippen LogP contribution in [0.4, 0.5) is 5.69 Å². The number of anilines is 1. The summed E-state index contributed by atoms with van der Waals surface area (Å²) in [5.74, 6) is 0.0225. The summed E-state index contributed by atoms with van der Waals surface area (Å²) in [7, 11) is 1.83. The van der Waals surface area contributed by atoms with E-state index in [2.05, 4.69) is 0 Å². The largest absolute Gasteiger partial charge is 0.397 e. The Labute approximate surface area is 94.8 Å². The Morgan fingerprint density at radius 1 is 1.62 bits per heavy atom. The fourth-order valence-electron chi connectivity index (χ4n) is 1.97. The topological polar surface area (TPSA) is 60.5 Å². The molecule has 1 aromatic rings. The van der Waals surface area contributed by atoms with E-state index in [1.165, 1.54) is 0 Å². The number of carbonyl (C=O) groups is 1. The highest BCUT2D eigenvalue weighted by Crippen LogP contribution is 2.14. The maximum atomic E-state index is 12.2. The fraction of sp³-hybridized carbons (Fsp3) is 0.545. The van der Waals surface area contributed by atoms with Gasteiger partial charge in [-0.1, -0.05) is 0 Å². The van der Waals surface area contributed by atoms with Crippen LogP contribution in [0.2, 0.25) is 0 Å². The molecule has 0 saturated carbocycles. The van der Waals surface area contributed by atoms with Gasteiger partial charge in [0.15, 0.2) is 0 Å². The molecule has 16 heavy (non-hydrogen) atoms. The van der Waals surface area contributed by atoms with Gasteiger partial charge < -0.3 is 19.9 Å². The second-order valence-electron chi connectivity index (χ2n) is 4.20. The zero-order chi connectivity index (χ0) is 11.7. The minimum atomic E-state index is 0.0225. The Kier molecular flexibility index (Phi) is 2.87. The van der Waals surface area contributed by atoms with Crippen molar-refractivity contribution in [2.24, 2.45) is 7.05 Å². The summed E-state index contributed by atoms with van der Waals surface area (Å²) in [5.41, 5.74) is 6.91. The van der Waals surface area contributed by atoms with Gasteiger partial charge in [0.1, 0.15) is 5.69 Å². The average molecular weight is 223 g/mol. The molecule has 88 valence electrons. The molecule has 0 bridgehead atoms. The lowest BCUT2D eigenvalue weighted by Gasteiger charge is -2.31. The predicted molar refractivity (Wildman–Crippen MR) is 61.1 cm³/mol. The molecule has 2 N–H and O–H groups in total. The van der Waals surface area contributed by atoms with Crippen molar-refractivity contribution in [2.45, 2.75) is 13.0 Å². The minimum Gasteiger partial charge on any atom is -0.397 e. The van der Waals surface area contributed by atoms with Crippen molar-refractivity contribution in [3.05, 3.63) is 18.0 Å². The third-order valence-electron chi connectivity index (χ3n) is 2.77. The van der Waals surface area contributed by atoms with Crippen LogP contribution < -0.4 is 5.73 Å². The molecule has 1 saturated heterocycles. The molecule has 1 aliphatic rings. The Balaban J connectivity index is 2.15. The molecule has 1 aliphatic heterocycles. The number of hydrogen-bond acceptors (Lipinski definition) is 3. The SMILES string of the molecule is CC1CN(C(=O)c2cc(N)cn2C)CCO1. The summed E-state index contributed by atoms with van der Waals surface area (Å²) in [5, 5.41) is 0. The molecule has 1 atom stereocenters. The van der Waals surface area contributed by atoms with Crippen molar-refractivity contribution < 1.29 is 9.53 Å². The number of rotatable bonds is 1. The maximum absolute atomic E-state index is 12.2. The molecule has 1 fully saturated rings. The standard InChI is InChI=1S/C11H17N3O2/c1-8-6-14(3-4-16-8)11(15)10-5-9(12)7-13(10)2/h5,7-8H,3-4,6,12H2,1-2H3. The molecular formula is C11H17N3O2. The predicted octanol–water partition coefficient (Wildman–Crippen LogP) is 0.468. The summed E-state index contributed by atoms with van der Waals surface area (Å²) in [4.78, 5) is 14.0. The molecule has 5 nitrogen and oxygen atoms in total. The molecule has 5 heteroatoms. The molecule has 0 radical (unpaired) electrons. The number of morpholine rings is 1. The van der Waals surface area contributed by atoms with Gasteiger partial charge in [-0.15, -0.1) is 0 Å². The van der Waals surface area contributed by atoms with Crippen LogP contribution in [0.15, 0.2) is 12.3 Å². The van der Waals surface area contributed by atoms with E-state index in [0.717, 1.165) is 0 Å². The van der Waals surface area contributed by atoms with Gasteiger partial charge in [0.05, 0.1) is 18.4 Å². The van der Waals surface area contributed by atoms with Crippen molar-refractivity contribution in [1.29, 1.82) is 0 Å². The van der Waals surface area contributed by atoms with Gasteiger partial charge >= 0.3 is 0 Å². The van der Waals surface area contributed by atoms with Gasteiger partial charge in [0.25, 0.3) is 5.91 Å². The van der Waals surface area contributed by atoms with E-state index in [1.807, 2.05) is 18.9 Å². The monoisotopic (exact) mass is 223 g/mol. The molecule has 0 spiro atoms. The van der Waals surface area contributed by atoms with Gasteiger partial charge in [0, 0.05) is 26.3 Å². The molecular weight excluding hydrogens is 206 g/mol. The number of aryl methyl sites for hydroxylation is 1. The number of aromatic nitrogens is 1. The lowest BCUT2D eigenvalue weighted by Crippen LogP contribution is -2.45. The fourth-order valence-corrected chi connectivity index (χ4v) is 1.97. The van der Waals surface area contributed by atoms with Crippen LogP contribution in [-0.4, -0.2) is 41.2 Å². The van der Waals surface area contributed by atoms with Crippen LogP contribution in [0.1, 0.15) is 17.4 Å². The van der Waals surface area contributed by atoms with E-state index in [4.69, 9.17) is 10.5 Å².